The fraction of sp³-hybridized carbons (Fsp3) is 0.636. The zero-order valence-electron chi connectivity index (χ0n) is 17.8. The maximum Gasteiger partial charge on any atom is 0.309 e. The van der Waals surface area contributed by atoms with Crippen LogP contribution in [-0.2, 0) is 14.3 Å². The molecule has 7 nitrogen and oxygen atoms in total. The molecule has 2 fully saturated rings. The van der Waals surface area contributed by atoms with E-state index in [1.54, 1.807) is 49.0 Å². The van der Waals surface area contributed by atoms with E-state index in [1.807, 2.05) is 0 Å². The SMILES string of the molecule is CCOC(=O)C1CCN(C(=O)CN(C)C(=O)c2cccnc2SC2CCCC2)CC1. The molecule has 0 N–H and O–H groups in total. The third-order valence-electron chi connectivity index (χ3n) is 5.77. The van der Waals surface area contributed by atoms with Gasteiger partial charge in [-0.3, -0.25) is 14.4 Å². The van der Waals surface area contributed by atoms with E-state index >= 15 is 0 Å². The molecule has 30 heavy (non-hydrogen) atoms. The zero-order valence-corrected chi connectivity index (χ0v) is 18.7. The number of piperidine rings is 1. The Morgan fingerprint density at radius 2 is 1.90 bits per heavy atom. The second-order valence-electron chi connectivity index (χ2n) is 7.95. The largest absolute Gasteiger partial charge is 0.466 e. The van der Waals surface area contributed by atoms with Crippen LogP contribution < -0.4 is 0 Å². The van der Waals surface area contributed by atoms with Gasteiger partial charge in [0.2, 0.25) is 5.91 Å². The summed E-state index contributed by atoms with van der Waals surface area (Å²) in [6.07, 6.45) is 7.70. The van der Waals surface area contributed by atoms with Crippen molar-refractivity contribution in [1.82, 2.24) is 14.8 Å². The van der Waals surface area contributed by atoms with Crippen molar-refractivity contribution >= 4 is 29.5 Å². The van der Waals surface area contributed by atoms with Crippen molar-refractivity contribution in [2.24, 2.45) is 5.92 Å². The molecule has 0 atom stereocenters. The number of carbonyl (C=O) groups excluding carboxylic acids is 3. The predicted octanol–water partition coefficient (Wildman–Crippen LogP) is 2.99. The lowest BCUT2D eigenvalue weighted by Gasteiger charge is -2.32. The molecule has 0 bridgehead atoms. The van der Waals surface area contributed by atoms with E-state index < -0.39 is 0 Å². The van der Waals surface area contributed by atoms with E-state index in [2.05, 4.69) is 4.98 Å². The van der Waals surface area contributed by atoms with Crippen molar-refractivity contribution in [1.29, 1.82) is 0 Å². The number of hydrogen-bond acceptors (Lipinski definition) is 6. The lowest BCUT2D eigenvalue weighted by molar-refractivity contribution is -0.151. The number of aromatic nitrogens is 1. The lowest BCUT2D eigenvalue weighted by Crippen LogP contribution is -2.45. The van der Waals surface area contributed by atoms with Gasteiger partial charge in [0.1, 0.15) is 5.03 Å². The molecule has 2 aliphatic rings. The number of rotatable bonds is 7. The summed E-state index contributed by atoms with van der Waals surface area (Å²) < 4.78 is 5.08. The highest BCUT2D eigenvalue weighted by Crippen LogP contribution is 2.35. The minimum atomic E-state index is -0.182. The highest BCUT2D eigenvalue weighted by molar-refractivity contribution is 7.99. The molecule has 0 spiro atoms. The maximum atomic E-state index is 13.0. The van der Waals surface area contributed by atoms with E-state index in [0.29, 0.717) is 43.4 Å². The van der Waals surface area contributed by atoms with E-state index in [-0.39, 0.29) is 30.2 Å². The minimum absolute atomic E-state index is 0.0192. The first-order chi connectivity index (χ1) is 14.5. The summed E-state index contributed by atoms with van der Waals surface area (Å²) in [5.74, 6) is -0.597. The second-order valence-corrected chi connectivity index (χ2v) is 9.24. The number of carbonyl (C=O) groups is 3. The lowest BCUT2D eigenvalue weighted by atomic mass is 9.97. The highest BCUT2D eigenvalue weighted by atomic mass is 32.2. The molecule has 2 amide bonds. The topological polar surface area (TPSA) is 79.8 Å². The number of likely N-dealkylation sites (tertiary alicyclic amines) is 1. The molecule has 0 radical (unpaired) electrons. The first kappa shape index (κ1) is 22.6. The Morgan fingerprint density at radius 3 is 2.57 bits per heavy atom. The van der Waals surface area contributed by atoms with E-state index in [9.17, 15) is 14.4 Å². The quantitative estimate of drug-likeness (QED) is 0.615. The third-order valence-corrected chi connectivity index (χ3v) is 7.12. The van der Waals surface area contributed by atoms with Crippen LogP contribution in [0.2, 0.25) is 0 Å². The van der Waals surface area contributed by atoms with Gasteiger partial charge in [-0.1, -0.05) is 12.8 Å². The fourth-order valence-corrected chi connectivity index (χ4v) is 5.31. The number of thioether (sulfide) groups is 1. The van der Waals surface area contributed by atoms with Crippen molar-refractivity contribution < 1.29 is 19.1 Å². The van der Waals surface area contributed by atoms with Gasteiger partial charge in [-0.25, -0.2) is 4.98 Å². The first-order valence-corrected chi connectivity index (χ1v) is 11.7. The van der Waals surface area contributed by atoms with Crippen LogP contribution in [0.5, 0.6) is 0 Å². The van der Waals surface area contributed by atoms with Crippen LogP contribution in [0, 0.1) is 5.92 Å². The minimum Gasteiger partial charge on any atom is -0.466 e. The van der Waals surface area contributed by atoms with Crippen molar-refractivity contribution in [2.75, 3.05) is 33.3 Å². The van der Waals surface area contributed by atoms with Crippen molar-refractivity contribution in [3.05, 3.63) is 23.9 Å². The third kappa shape index (κ3) is 5.74. The summed E-state index contributed by atoms with van der Waals surface area (Å²) in [5, 5.41) is 1.27. The molecule has 8 heteroatoms. The fourth-order valence-electron chi connectivity index (χ4n) is 4.02. The van der Waals surface area contributed by atoms with Gasteiger partial charge in [-0.15, -0.1) is 11.8 Å². The molecule has 1 aliphatic heterocycles. The summed E-state index contributed by atoms with van der Waals surface area (Å²) >= 11 is 1.68. The maximum absolute atomic E-state index is 13.0. The van der Waals surface area contributed by atoms with Crippen LogP contribution in [0.1, 0.15) is 55.8 Å². The molecule has 3 rings (SSSR count). The van der Waals surface area contributed by atoms with Crippen LogP contribution >= 0.6 is 11.8 Å². The molecular weight excluding hydrogens is 402 g/mol. The van der Waals surface area contributed by atoms with Gasteiger partial charge in [0.25, 0.3) is 5.91 Å². The van der Waals surface area contributed by atoms with Gasteiger partial charge < -0.3 is 14.5 Å². The number of likely N-dealkylation sites (N-methyl/N-ethyl adjacent to an activating group) is 1. The average molecular weight is 434 g/mol. The predicted molar refractivity (Wildman–Crippen MR) is 115 cm³/mol. The Hall–Kier alpha value is -2.09. The van der Waals surface area contributed by atoms with Crippen LogP contribution in [0.15, 0.2) is 23.4 Å². The zero-order chi connectivity index (χ0) is 21.5. The molecule has 2 heterocycles. The van der Waals surface area contributed by atoms with Crippen LogP contribution in [0.25, 0.3) is 0 Å². The van der Waals surface area contributed by atoms with Crippen molar-refractivity contribution in [3.63, 3.8) is 0 Å². The summed E-state index contributed by atoms with van der Waals surface area (Å²) in [6, 6.07) is 3.56. The number of ether oxygens (including phenoxy) is 1. The Labute approximate surface area is 182 Å². The number of nitrogens with zero attached hydrogens (tertiary/aromatic N) is 3. The summed E-state index contributed by atoms with van der Waals surface area (Å²) in [4.78, 5) is 45.2. The monoisotopic (exact) mass is 433 g/mol. The molecule has 1 aromatic rings. The molecule has 1 aromatic heterocycles. The molecule has 1 aliphatic carbocycles. The molecule has 1 saturated carbocycles. The number of pyridine rings is 1. The van der Waals surface area contributed by atoms with Gasteiger partial charge in [0.05, 0.1) is 24.6 Å². The summed E-state index contributed by atoms with van der Waals surface area (Å²) in [5.41, 5.74) is 0.561. The first-order valence-electron chi connectivity index (χ1n) is 10.8. The van der Waals surface area contributed by atoms with E-state index in [0.717, 1.165) is 17.9 Å². The molecular formula is C22H31N3O4S. The van der Waals surface area contributed by atoms with Crippen LogP contribution in [0.3, 0.4) is 0 Å². The van der Waals surface area contributed by atoms with Crippen LogP contribution in [0.4, 0.5) is 0 Å². The van der Waals surface area contributed by atoms with Gasteiger partial charge in [-0.2, -0.15) is 0 Å². The van der Waals surface area contributed by atoms with Crippen molar-refractivity contribution in [3.8, 4) is 0 Å². The number of esters is 1. The smallest absolute Gasteiger partial charge is 0.309 e. The summed E-state index contributed by atoms with van der Waals surface area (Å²) in [7, 11) is 1.66. The molecule has 1 saturated heterocycles. The van der Waals surface area contributed by atoms with E-state index in [1.165, 1.54) is 17.7 Å². The number of hydrogen-bond donors (Lipinski definition) is 0. The molecule has 0 unspecified atom stereocenters. The van der Waals surface area contributed by atoms with Gasteiger partial charge in [0.15, 0.2) is 0 Å². The van der Waals surface area contributed by atoms with Gasteiger partial charge in [0, 0.05) is 31.6 Å². The summed E-state index contributed by atoms with van der Waals surface area (Å²) in [6.45, 7) is 3.22. The van der Waals surface area contributed by atoms with Crippen LogP contribution in [-0.4, -0.2) is 71.1 Å². The van der Waals surface area contributed by atoms with Gasteiger partial charge >= 0.3 is 5.97 Å². The standard InChI is InChI=1S/C22H31N3O4S/c1-3-29-22(28)16-10-13-25(14-11-16)19(26)15-24(2)21(27)18-9-6-12-23-20(18)30-17-7-4-5-8-17/h6,9,12,16-17H,3-5,7-8,10-11,13-15H2,1-2H3. The Balaban J connectivity index is 1.54. The molecule has 164 valence electrons. The average Bonchev–Trinajstić information content (AvgIpc) is 3.27. The Bertz CT molecular complexity index is 759. The number of amides is 2. The highest BCUT2D eigenvalue weighted by Gasteiger charge is 2.29. The normalized spacial score (nSPS) is 17.7. The Kier molecular flexibility index (Phi) is 8.13. The second kappa shape index (κ2) is 10.8. The molecule has 0 aromatic carbocycles. The van der Waals surface area contributed by atoms with E-state index in [4.69, 9.17) is 4.74 Å². The van der Waals surface area contributed by atoms with Gasteiger partial charge in [-0.05, 0) is 44.7 Å². The van der Waals surface area contributed by atoms with Crippen molar-refractivity contribution in [2.45, 2.75) is 55.7 Å². The Morgan fingerprint density at radius 1 is 1.20 bits per heavy atom.